The highest BCUT2D eigenvalue weighted by molar-refractivity contribution is 7.81. The molecule has 440 valence electrons. The minimum atomic E-state index is -5.22. The number of nitrogens with one attached hydrogen (secondary N) is 5. The molecule has 0 aliphatic carbocycles. The first-order valence-corrected chi connectivity index (χ1v) is 27.8. The molecule has 0 bridgehead atoms. The van der Waals surface area contributed by atoms with Gasteiger partial charge in [0.1, 0.15) is 42.4 Å². The molecule has 16 N–H and O–H groups in total. The Morgan fingerprint density at radius 3 is 1.95 bits per heavy atom. The van der Waals surface area contributed by atoms with Crippen molar-refractivity contribution in [1.29, 1.82) is 0 Å². The van der Waals surface area contributed by atoms with Gasteiger partial charge >= 0.3 is 10.4 Å². The van der Waals surface area contributed by atoms with Crippen molar-refractivity contribution < 1.29 is 96.4 Å². The summed E-state index contributed by atoms with van der Waals surface area (Å²) in [7, 11) is -5.22. The predicted octanol–water partition coefficient (Wildman–Crippen LogP) is -3.75. The van der Waals surface area contributed by atoms with E-state index in [2.05, 4.69) is 32.4 Å². The maximum absolute atomic E-state index is 14.4. The molecular formula is C49H78N8O20S. The van der Waals surface area contributed by atoms with Crippen LogP contribution in [0.4, 0.5) is 0 Å². The van der Waals surface area contributed by atoms with Crippen LogP contribution in [0.2, 0.25) is 0 Å². The third-order valence-electron chi connectivity index (χ3n) is 13.9. The molecule has 3 aliphatic rings. The average molecular weight is 1130 g/mol. The number of hydrogen-bond acceptors (Lipinski definition) is 19. The number of nitrogens with zero attached hydrogens (tertiary/aromatic N) is 2. The maximum atomic E-state index is 14.4. The van der Waals surface area contributed by atoms with Gasteiger partial charge in [-0.2, -0.15) is 8.42 Å². The van der Waals surface area contributed by atoms with Crippen molar-refractivity contribution in [1.82, 2.24) is 36.4 Å². The Bertz CT molecular complexity index is 2330. The minimum Gasteiger partial charge on any atom is -0.504 e. The van der Waals surface area contributed by atoms with Crippen LogP contribution in [0.5, 0.6) is 11.5 Å². The van der Waals surface area contributed by atoms with E-state index in [1.807, 2.05) is 5.32 Å². The van der Waals surface area contributed by atoms with Crippen molar-refractivity contribution in [3.63, 3.8) is 0 Å². The summed E-state index contributed by atoms with van der Waals surface area (Å²) < 4.78 is 36.5. The van der Waals surface area contributed by atoms with Crippen LogP contribution in [0.25, 0.3) is 0 Å². The van der Waals surface area contributed by atoms with Gasteiger partial charge in [-0.1, -0.05) is 90.0 Å². The van der Waals surface area contributed by atoms with E-state index >= 15 is 0 Å². The van der Waals surface area contributed by atoms with Gasteiger partial charge in [-0.15, -0.1) is 0 Å². The molecule has 0 unspecified atom stereocenters. The molecule has 29 heteroatoms. The summed E-state index contributed by atoms with van der Waals surface area (Å²) in [5.74, 6) is -11.5. The fraction of sp³-hybridized carbons (Fsp3) is 0.714. The van der Waals surface area contributed by atoms with Crippen LogP contribution in [0.15, 0.2) is 18.2 Å². The van der Waals surface area contributed by atoms with Gasteiger partial charge in [0.05, 0.1) is 37.4 Å². The molecule has 0 aromatic heterocycles. The van der Waals surface area contributed by atoms with Crippen LogP contribution in [0, 0.1) is 0 Å². The van der Waals surface area contributed by atoms with E-state index in [1.54, 1.807) is 0 Å². The van der Waals surface area contributed by atoms with E-state index in [1.165, 1.54) is 38.5 Å². The third-order valence-corrected chi connectivity index (χ3v) is 14.2. The lowest BCUT2D eigenvalue weighted by atomic mass is 9.98. The molecule has 12 atom stereocenters. The number of primary amides is 1. The Morgan fingerprint density at radius 1 is 0.756 bits per heavy atom. The summed E-state index contributed by atoms with van der Waals surface area (Å²) in [4.78, 5) is 112. The number of aliphatic hydroxyl groups is 7. The highest BCUT2D eigenvalue weighted by atomic mass is 32.3. The topological polar surface area (TPSA) is 455 Å². The zero-order chi connectivity index (χ0) is 57.9. The number of hydrogen-bond donors (Lipinski definition) is 15. The van der Waals surface area contributed by atoms with E-state index in [4.69, 9.17) is 5.73 Å². The monoisotopic (exact) mass is 1130 g/mol. The van der Waals surface area contributed by atoms with E-state index in [9.17, 15) is 92.2 Å². The van der Waals surface area contributed by atoms with Gasteiger partial charge in [-0.05, 0) is 30.5 Å². The van der Waals surface area contributed by atoms with Crippen molar-refractivity contribution in [2.45, 2.75) is 202 Å². The molecule has 3 fully saturated rings. The van der Waals surface area contributed by atoms with E-state index in [0.717, 1.165) is 55.2 Å². The molecule has 3 saturated heterocycles. The first-order chi connectivity index (χ1) is 36.8. The second-order valence-corrected chi connectivity index (χ2v) is 21.2. The Morgan fingerprint density at radius 2 is 1.36 bits per heavy atom. The molecule has 1 aromatic carbocycles. The first-order valence-electron chi connectivity index (χ1n) is 26.4. The normalized spacial score (nSPS) is 26.8. The molecule has 78 heavy (non-hydrogen) atoms. The maximum Gasteiger partial charge on any atom is 0.446 e. The Balaban J connectivity index is 1.67. The molecule has 1 aromatic rings. The number of nitrogens with two attached hydrogens (primary N) is 1. The summed E-state index contributed by atoms with van der Waals surface area (Å²) in [6.45, 7) is -0.0722. The summed E-state index contributed by atoms with van der Waals surface area (Å²) in [6.07, 6.45) is -2.14. The lowest BCUT2D eigenvalue weighted by Gasteiger charge is -2.34. The van der Waals surface area contributed by atoms with E-state index < -0.39 is 188 Å². The Kier molecular flexibility index (Phi) is 25.8. The highest BCUT2D eigenvalue weighted by Gasteiger charge is 2.48. The Labute approximate surface area is 451 Å². The second-order valence-electron chi connectivity index (χ2n) is 20.1. The number of phenols is 1. The molecule has 0 spiro atoms. The van der Waals surface area contributed by atoms with Gasteiger partial charge < -0.3 is 87.2 Å². The quantitative estimate of drug-likeness (QED) is 0.0349. The van der Waals surface area contributed by atoms with Crippen LogP contribution in [0.1, 0.15) is 128 Å². The number of benzene rings is 1. The van der Waals surface area contributed by atoms with Crippen molar-refractivity contribution in [2.24, 2.45) is 5.73 Å². The average Bonchev–Trinajstić information content (AvgIpc) is 4.00. The van der Waals surface area contributed by atoms with Crippen molar-refractivity contribution in [3.05, 3.63) is 23.8 Å². The molecule has 0 saturated carbocycles. The van der Waals surface area contributed by atoms with Crippen molar-refractivity contribution >= 4 is 57.7 Å². The van der Waals surface area contributed by atoms with Crippen LogP contribution < -0.4 is 36.5 Å². The molecular weight excluding hydrogens is 1050 g/mol. The van der Waals surface area contributed by atoms with Gasteiger partial charge in [0.25, 0.3) is 0 Å². The summed E-state index contributed by atoms with van der Waals surface area (Å²) in [5.41, 5.74) is 5.18. The molecule has 8 amide bonds. The molecule has 0 radical (unpaired) electrons. The number of unbranched alkanes of at least 4 members (excludes halogenated alkanes) is 12. The number of carbonyl (C=O) groups is 8. The van der Waals surface area contributed by atoms with Gasteiger partial charge in [-0.25, -0.2) is 0 Å². The Hall–Kier alpha value is -5.79. The number of phenolic OH excluding ortho intramolecular Hbond substituents is 1. The zero-order valence-corrected chi connectivity index (χ0v) is 44.4. The zero-order valence-electron chi connectivity index (χ0n) is 43.6. The van der Waals surface area contributed by atoms with Gasteiger partial charge in [0.15, 0.2) is 17.7 Å². The van der Waals surface area contributed by atoms with Crippen LogP contribution >= 0.6 is 0 Å². The number of fused-ring (bicyclic) bond motifs is 2. The lowest BCUT2D eigenvalue weighted by Crippen LogP contribution is -2.64. The van der Waals surface area contributed by atoms with Gasteiger partial charge in [0, 0.05) is 38.8 Å². The minimum absolute atomic E-state index is 0.0915. The molecule has 3 heterocycles. The largest absolute Gasteiger partial charge is 0.504 e. The number of amides is 8. The number of aliphatic hydroxyl groups excluding tert-OH is 7. The summed E-state index contributed by atoms with van der Waals surface area (Å²) in [6, 6.07) is -9.20. The van der Waals surface area contributed by atoms with Crippen molar-refractivity contribution in [2.75, 3.05) is 19.7 Å². The third kappa shape index (κ3) is 19.8. The van der Waals surface area contributed by atoms with Crippen LogP contribution in [-0.4, -0.2) is 204 Å². The number of aromatic hydroxyl groups is 1. The predicted molar refractivity (Wildman–Crippen MR) is 272 cm³/mol. The standard InChI is InChI=1S/C49H78N8O20S/c1-2-3-4-5-6-7-8-9-10-11-12-13-14-15-39(66)51-29-23-36(64)45(69)55-47(71)42-33(61)18-19-56(42)49(73)41(35(63)24-38(50)65)54-46(70)40(34(62)20-27-16-17-32(60)37(21-27)77-78(74,75)76)53-44(68)31-22-28(59)25-57(31)48(72)30(26-58)52-43(29)67/h16-17,21,28-31,33-36,40-42,45,58-64,69H,2-15,18-20,22-26H2,1H3,(H2,50,65)(H,51,66)(H,52,67)(H,53,68)(H,54,70)(H,55,71)(H,74,75,76)/t28-,29-,30-,31+,33+,34+,35+,36+,40+,41-,42+,45+/m0/s1. The second kappa shape index (κ2) is 31.1. The van der Waals surface area contributed by atoms with E-state index in [-0.39, 0.29) is 18.4 Å². The fourth-order valence-corrected chi connectivity index (χ4v) is 10.0. The summed E-state index contributed by atoms with van der Waals surface area (Å²) in [5, 5.41) is 98.7. The number of rotatable bonds is 24. The molecule has 4 rings (SSSR count). The smallest absolute Gasteiger partial charge is 0.446 e. The van der Waals surface area contributed by atoms with Gasteiger partial charge in [-0.3, -0.25) is 42.9 Å². The highest BCUT2D eigenvalue weighted by Crippen LogP contribution is 2.29. The molecule has 28 nitrogen and oxygen atoms in total. The fourth-order valence-electron chi connectivity index (χ4n) is 9.68. The van der Waals surface area contributed by atoms with Crippen LogP contribution in [-0.2, 0) is 55.2 Å². The lowest BCUT2D eigenvalue weighted by molar-refractivity contribution is -0.148. The summed E-state index contributed by atoms with van der Waals surface area (Å²) >= 11 is 0. The van der Waals surface area contributed by atoms with Gasteiger partial charge in [0.2, 0.25) is 47.3 Å². The SMILES string of the molecule is CCCCCCCCCCCCCCCC(=O)N[C@H]1C[C@@H](O)[C@@H](O)NC(=O)[C@H]2[C@H](O)CCN2C(=O)[C@H]([C@H](O)CC(N)=O)NC(=O)[C@@H]([C@H](O)Cc2ccc(O)c(OS(=O)(=O)O)c2)NC(=O)[C@H]2C[C@H](O)CN2C(=O)[C@H](CO)NC1=O. The number of carbonyl (C=O) groups excluding carboxylic acids is 8. The van der Waals surface area contributed by atoms with Crippen molar-refractivity contribution in [3.8, 4) is 11.5 Å². The van der Waals surface area contributed by atoms with E-state index in [0.29, 0.717) is 17.7 Å². The first kappa shape index (κ1) is 64.7. The van der Waals surface area contributed by atoms with Crippen LogP contribution in [0.3, 0.4) is 0 Å². The molecule has 3 aliphatic heterocycles.